The van der Waals surface area contributed by atoms with Crippen molar-refractivity contribution in [3.8, 4) is 0 Å². The van der Waals surface area contributed by atoms with Gasteiger partial charge in [0.2, 0.25) is 5.91 Å². The molecule has 0 aliphatic carbocycles. The van der Waals surface area contributed by atoms with Crippen molar-refractivity contribution < 1.29 is 4.79 Å². The molecule has 0 bridgehead atoms. The summed E-state index contributed by atoms with van der Waals surface area (Å²) in [5.74, 6) is 0.111. The Balaban J connectivity index is 2.54. The van der Waals surface area contributed by atoms with Crippen molar-refractivity contribution in [3.63, 3.8) is 0 Å². The lowest BCUT2D eigenvalue weighted by molar-refractivity contribution is -0.127. The van der Waals surface area contributed by atoms with E-state index in [1.807, 2.05) is 30.6 Å². The molecule has 0 saturated carbocycles. The summed E-state index contributed by atoms with van der Waals surface area (Å²) in [6, 6.07) is 0. The van der Waals surface area contributed by atoms with Crippen LogP contribution in [0.25, 0.3) is 0 Å². The van der Waals surface area contributed by atoms with Crippen molar-refractivity contribution >= 4 is 5.91 Å². The minimum atomic E-state index is 0.111. The fourth-order valence-corrected chi connectivity index (χ4v) is 0.936. The smallest absolute Gasteiger partial charge is 0.226 e. The number of hydrogen-bond donors (Lipinski definition) is 1. The molecule has 70 valence electrons. The average Bonchev–Trinajstić information content (AvgIpc) is 2.32. The topological polar surface area (TPSA) is 32.3 Å². The van der Waals surface area contributed by atoms with E-state index >= 15 is 0 Å². The van der Waals surface area contributed by atoms with E-state index in [9.17, 15) is 4.79 Å². The first-order valence-electron chi connectivity index (χ1n) is 4.18. The summed E-state index contributed by atoms with van der Waals surface area (Å²) in [4.78, 5) is 12.9. The van der Waals surface area contributed by atoms with Crippen molar-refractivity contribution in [2.45, 2.75) is 6.42 Å². The Hall–Kier alpha value is -1.51. The van der Waals surface area contributed by atoms with Gasteiger partial charge in [-0.2, -0.15) is 0 Å². The van der Waals surface area contributed by atoms with Gasteiger partial charge in [-0.25, -0.2) is 0 Å². The van der Waals surface area contributed by atoms with Crippen LogP contribution in [-0.4, -0.2) is 24.9 Å². The number of rotatable bonds is 2. The van der Waals surface area contributed by atoms with Gasteiger partial charge in [0.05, 0.1) is 6.42 Å². The van der Waals surface area contributed by atoms with Gasteiger partial charge in [0.15, 0.2) is 0 Å². The Kier molecular flexibility index (Phi) is 3.31. The van der Waals surface area contributed by atoms with Crippen LogP contribution in [0.3, 0.4) is 0 Å². The summed E-state index contributed by atoms with van der Waals surface area (Å²) in [5.41, 5.74) is 0.990. The molecule has 0 fully saturated rings. The van der Waals surface area contributed by atoms with Gasteiger partial charge in [0.1, 0.15) is 0 Å². The SMILES string of the molecule is CN(C)C(=O)CC1=CNC=CC=C1. The zero-order valence-corrected chi connectivity index (χ0v) is 7.95. The third-order valence-corrected chi connectivity index (χ3v) is 1.74. The lowest BCUT2D eigenvalue weighted by Crippen LogP contribution is -2.21. The van der Waals surface area contributed by atoms with Crippen LogP contribution >= 0.6 is 0 Å². The van der Waals surface area contributed by atoms with Crippen molar-refractivity contribution in [3.05, 3.63) is 36.2 Å². The Morgan fingerprint density at radius 1 is 1.46 bits per heavy atom. The molecule has 0 radical (unpaired) electrons. The largest absolute Gasteiger partial charge is 0.367 e. The van der Waals surface area contributed by atoms with Crippen molar-refractivity contribution in [1.29, 1.82) is 0 Å². The lowest BCUT2D eigenvalue weighted by atomic mass is 10.2. The highest BCUT2D eigenvalue weighted by atomic mass is 16.2. The van der Waals surface area contributed by atoms with Crippen molar-refractivity contribution in [2.24, 2.45) is 0 Å². The first-order valence-corrected chi connectivity index (χ1v) is 4.18. The molecule has 3 nitrogen and oxygen atoms in total. The molecule has 1 heterocycles. The van der Waals surface area contributed by atoms with Crippen molar-refractivity contribution in [1.82, 2.24) is 10.2 Å². The van der Waals surface area contributed by atoms with Crippen LogP contribution in [0.1, 0.15) is 6.42 Å². The standard InChI is InChI=1S/C10H14N2O/c1-12(2)10(13)7-9-5-3-4-6-11-8-9/h3-6,8,11H,7H2,1-2H3. The summed E-state index contributed by atoms with van der Waals surface area (Å²) in [6.07, 6.45) is 9.83. The molecule has 1 aliphatic rings. The van der Waals surface area contributed by atoms with E-state index in [1.165, 1.54) is 0 Å². The maximum absolute atomic E-state index is 11.3. The minimum absolute atomic E-state index is 0.111. The predicted molar refractivity (Wildman–Crippen MR) is 52.8 cm³/mol. The molecular formula is C10H14N2O. The number of carbonyl (C=O) groups excluding carboxylic acids is 1. The van der Waals surface area contributed by atoms with Crippen LogP contribution in [0, 0.1) is 0 Å². The van der Waals surface area contributed by atoms with E-state index in [4.69, 9.17) is 0 Å². The molecule has 0 atom stereocenters. The number of nitrogens with zero attached hydrogens (tertiary/aromatic N) is 1. The molecule has 0 aromatic rings. The monoisotopic (exact) mass is 178 g/mol. The second-order valence-electron chi connectivity index (χ2n) is 3.07. The van der Waals surface area contributed by atoms with Gasteiger partial charge < -0.3 is 10.2 Å². The summed E-state index contributed by atoms with van der Waals surface area (Å²) in [7, 11) is 3.52. The van der Waals surface area contributed by atoms with Gasteiger partial charge in [0.25, 0.3) is 0 Å². The third kappa shape index (κ3) is 3.15. The van der Waals surface area contributed by atoms with Crippen LogP contribution in [0.2, 0.25) is 0 Å². The molecule has 1 rings (SSSR count). The normalized spacial score (nSPS) is 14.5. The molecular weight excluding hydrogens is 164 g/mol. The van der Waals surface area contributed by atoms with E-state index in [0.717, 1.165) is 5.57 Å². The van der Waals surface area contributed by atoms with Crippen LogP contribution < -0.4 is 5.32 Å². The third-order valence-electron chi connectivity index (χ3n) is 1.74. The molecule has 3 heteroatoms. The van der Waals surface area contributed by atoms with Crippen LogP contribution in [0.5, 0.6) is 0 Å². The summed E-state index contributed by atoms with van der Waals surface area (Å²) >= 11 is 0. The van der Waals surface area contributed by atoms with Gasteiger partial charge in [-0.05, 0) is 11.6 Å². The van der Waals surface area contributed by atoms with E-state index < -0.39 is 0 Å². The fourth-order valence-electron chi connectivity index (χ4n) is 0.936. The van der Waals surface area contributed by atoms with Gasteiger partial charge in [-0.1, -0.05) is 12.2 Å². The number of amides is 1. The van der Waals surface area contributed by atoms with Crippen LogP contribution in [0.15, 0.2) is 36.2 Å². The number of carbonyl (C=O) groups is 1. The maximum Gasteiger partial charge on any atom is 0.226 e. The molecule has 0 unspecified atom stereocenters. The first kappa shape index (κ1) is 9.58. The quantitative estimate of drug-likeness (QED) is 0.684. The number of nitrogens with one attached hydrogen (secondary N) is 1. The van der Waals surface area contributed by atoms with Gasteiger partial charge in [-0.15, -0.1) is 0 Å². The Morgan fingerprint density at radius 3 is 2.92 bits per heavy atom. The van der Waals surface area contributed by atoms with Gasteiger partial charge in [0, 0.05) is 26.5 Å². The molecule has 13 heavy (non-hydrogen) atoms. The number of allylic oxidation sites excluding steroid dienone is 3. The van der Waals surface area contributed by atoms with E-state index in [0.29, 0.717) is 6.42 Å². The van der Waals surface area contributed by atoms with Crippen LogP contribution in [-0.2, 0) is 4.79 Å². The molecule has 0 aromatic heterocycles. The molecule has 0 aromatic carbocycles. The lowest BCUT2D eigenvalue weighted by Gasteiger charge is -2.09. The number of hydrogen-bond acceptors (Lipinski definition) is 2. The summed E-state index contributed by atoms with van der Waals surface area (Å²) < 4.78 is 0. The van der Waals surface area contributed by atoms with E-state index in [-0.39, 0.29) is 5.91 Å². The second kappa shape index (κ2) is 4.50. The fraction of sp³-hybridized carbons (Fsp3) is 0.300. The Bertz CT molecular complexity index is 275. The molecule has 0 spiro atoms. The average molecular weight is 178 g/mol. The van der Waals surface area contributed by atoms with Gasteiger partial charge in [-0.3, -0.25) is 4.79 Å². The Morgan fingerprint density at radius 2 is 2.23 bits per heavy atom. The predicted octanol–water partition coefficient (Wildman–Crippen LogP) is 1.02. The highest BCUT2D eigenvalue weighted by molar-refractivity contribution is 5.78. The molecule has 0 saturated heterocycles. The summed E-state index contributed by atoms with van der Waals surface area (Å²) in [6.45, 7) is 0. The highest BCUT2D eigenvalue weighted by Crippen LogP contribution is 2.06. The first-order chi connectivity index (χ1) is 6.20. The molecule has 1 amide bonds. The van der Waals surface area contributed by atoms with E-state index in [1.54, 1.807) is 19.0 Å². The highest BCUT2D eigenvalue weighted by Gasteiger charge is 2.05. The van der Waals surface area contributed by atoms with E-state index in [2.05, 4.69) is 5.32 Å². The minimum Gasteiger partial charge on any atom is -0.367 e. The van der Waals surface area contributed by atoms with Crippen molar-refractivity contribution in [2.75, 3.05) is 14.1 Å². The maximum atomic E-state index is 11.3. The van der Waals surface area contributed by atoms with Gasteiger partial charge >= 0.3 is 0 Å². The summed E-state index contributed by atoms with van der Waals surface area (Å²) in [5, 5.41) is 2.97. The molecule has 1 aliphatic heterocycles. The van der Waals surface area contributed by atoms with Crippen LogP contribution in [0.4, 0.5) is 0 Å². The molecule has 1 N–H and O–H groups in total. The Labute approximate surface area is 78.4 Å². The zero-order chi connectivity index (χ0) is 9.68. The zero-order valence-electron chi connectivity index (χ0n) is 7.95. The second-order valence-corrected chi connectivity index (χ2v) is 3.07.